The number of carbonyl (C=O) groups excluding carboxylic acids is 5. The highest BCUT2D eigenvalue weighted by Gasteiger charge is 2.52. The van der Waals surface area contributed by atoms with Crippen LogP contribution in [0.5, 0.6) is 17.2 Å². The summed E-state index contributed by atoms with van der Waals surface area (Å²) in [5.41, 5.74) is 1.12. The summed E-state index contributed by atoms with van der Waals surface area (Å²) in [5, 5.41) is 0.855. The first-order valence-electron chi connectivity index (χ1n) is 12.5. The fourth-order valence-corrected chi connectivity index (χ4v) is 4.48. The third kappa shape index (κ3) is 6.87. The minimum absolute atomic E-state index is 0.0143. The normalized spacial score (nSPS) is 22.1. The van der Waals surface area contributed by atoms with E-state index in [1.807, 2.05) is 6.92 Å². The number of aryl methyl sites for hydroxylation is 1. The summed E-state index contributed by atoms with van der Waals surface area (Å²) in [6, 6.07) is 5.21. The first kappa shape index (κ1) is 30.4. The van der Waals surface area contributed by atoms with Gasteiger partial charge in [0.05, 0.1) is 6.10 Å². The first-order valence-corrected chi connectivity index (χ1v) is 12.5. The molecule has 12 heteroatoms. The molecular formula is C28H32O12. The van der Waals surface area contributed by atoms with E-state index in [9.17, 15) is 24.0 Å². The first-order chi connectivity index (χ1) is 18.7. The molecule has 2 aromatic carbocycles. The standard InChI is InChI=1S/C28H32O12/c1-12-9-10-20-21(11-12)22(35-15(4)29)13(2)23(36-16(5)30)25(20)40-28-27(39-19(8)33)26(38-18(7)32)24(14(3)34-28)37-17(6)31/h9-11,14,24,26-28H,1-8H3/t14-,24-,26+,27+,28-/m0/s1. The zero-order chi connectivity index (χ0) is 29.9. The molecule has 216 valence electrons. The van der Waals surface area contributed by atoms with Gasteiger partial charge in [0.2, 0.25) is 12.4 Å². The third-order valence-electron chi connectivity index (χ3n) is 5.91. The second kappa shape index (κ2) is 12.3. The van der Waals surface area contributed by atoms with Crippen molar-refractivity contribution in [2.75, 3.05) is 0 Å². The van der Waals surface area contributed by atoms with Crippen molar-refractivity contribution in [2.24, 2.45) is 0 Å². The summed E-state index contributed by atoms with van der Waals surface area (Å²) in [5.74, 6) is -3.31. The van der Waals surface area contributed by atoms with Crippen LogP contribution in [0, 0.1) is 13.8 Å². The molecule has 0 spiro atoms. The zero-order valence-corrected chi connectivity index (χ0v) is 23.5. The highest BCUT2D eigenvalue weighted by molar-refractivity contribution is 5.99. The van der Waals surface area contributed by atoms with E-state index < -0.39 is 60.6 Å². The number of esters is 5. The van der Waals surface area contributed by atoms with E-state index in [1.165, 1.54) is 20.8 Å². The van der Waals surface area contributed by atoms with Crippen LogP contribution in [0.1, 0.15) is 52.7 Å². The molecule has 0 bridgehead atoms. The number of fused-ring (bicyclic) bond motifs is 1. The lowest BCUT2D eigenvalue weighted by atomic mass is 9.98. The van der Waals surface area contributed by atoms with Crippen LogP contribution in [0.2, 0.25) is 0 Å². The van der Waals surface area contributed by atoms with Gasteiger partial charge in [-0.3, -0.25) is 24.0 Å². The molecule has 3 rings (SSSR count). The Bertz CT molecular complexity index is 1350. The van der Waals surface area contributed by atoms with E-state index in [1.54, 1.807) is 32.0 Å². The van der Waals surface area contributed by atoms with Crippen molar-refractivity contribution >= 4 is 40.6 Å². The van der Waals surface area contributed by atoms with Crippen LogP contribution in [-0.4, -0.2) is 60.6 Å². The average molecular weight is 561 g/mol. The SMILES string of the molecule is CC(=O)Oc1c(C)c(OC(C)=O)c2cc(C)ccc2c1O[C@@H]1O[C@@H](C)[C@H](OC(C)=O)[C@@H](OC(C)=O)[C@H]1OC(C)=O. The van der Waals surface area contributed by atoms with Crippen molar-refractivity contribution in [2.45, 2.75) is 86.1 Å². The molecule has 40 heavy (non-hydrogen) atoms. The van der Waals surface area contributed by atoms with Gasteiger partial charge < -0.3 is 33.2 Å². The number of carbonyl (C=O) groups is 5. The van der Waals surface area contributed by atoms with Gasteiger partial charge in [-0.2, -0.15) is 0 Å². The summed E-state index contributed by atoms with van der Waals surface area (Å²) in [7, 11) is 0. The summed E-state index contributed by atoms with van der Waals surface area (Å²) >= 11 is 0. The molecule has 0 aliphatic carbocycles. The maximum absolute atomic E-state index is 12.1. The number of hydrogen-bond donors (Lipinski definition) is 0. The molecule has 1 heterocycles. The van der Waals surface area contributed by atoms with E-state index >= 15 is 0 Å². The minimum Gasteiger partial charge on any atom is -0.456 e. The van der Waals surface area contributed by atoms with Gasteiger partial charge in [-0.25, -0.2) is 0 Å². The molecule has 1 saturated heterocycles. The second-order valence-corrected chi connectivity index (χ2v) is 9.40. The molecule has 0 radical (unpaired) electrons. The van der Waals surface area contributed by atoms with Gasteiger partial charge in [0.25, 0.3) is 0 Å². The molecule has 1 aliphatic heterocycles. The van der Waals surface area contributed by atoms with Gasteiger partial charge in [0.15, 0.2) is 23.7 Å². The Morgan fingerprint density at radius 3 is 1.73 bits per heavy atom. The Kier molecular flexibility index (Phi) is 9.36. The van der Waals surface area contributed by atoms with E-state index in [-0.39, 0.29) is 22.8 Å². The number of ether oxygens (including phenoxy) is 7. The molecule has 2 aromatic rings. The largest absolute Gasteiger partial charge is 0.456 e. The smallest absolute Gasteiger partial charge is 0.308 e. The van der Waals surface area contributed by atoms with E-state index in [0.29, 0.717) is 10.8 Å². The maximum atomic E-state index is 12.1. The number of rotatable bonds is 7. The highest BCUT2D eigenvalue weighted by atomic mass is 16.7. The van der Waals surface area contributed by atoms with Crippen molar-refractivity contribution < 1.29 is 57.1 Å². The third-order valence-corrected chi connectivity index (χ3v) is 5.91. The average Bonchev–Trinajstić information content (AvgIpc) is 2.82. The lowest BCUT2D eigenvalue weighted by Gasteiger charge is -2.43. The van der Waals surface area contributed by atoms with Crippen LogP contribution in [0.3, 0.4) is 0 Å². The molecule has 0 saturated carbocycles. The van der Waals surface area contributed by atoms with Gasteiger partial charge in [0, 0.05) is 51.0 Å². The van der Waals surface area contributed by atoms with Gasteiger partial charge in [0.1, 0.15) is 5.75 Å². The van der Waals surface area contributed by atoms with Gasteiger partial charge in [-0.1, -0.05) is 17.7 Å². The Balaban J connectivity index is 2.24. The topological polar surface area (TPSA) is 150 Å². The Morgan fingerprint density at radius 2 is 1.18 bits per heavy atom. The Morgan fingerprint density at radius 1 is 0.650 bits per heavy atom. The Hall–Kier alpha value is -4.19. The lowest BCUT2D eigenvalue weighted by Crippen LogP contribution is -2.62. The molecule has 1 aliphatic rings. The lowest BCUT2D eigenvalue weighted by molar-refractivity contribution is -0.280. The predicted molar refractivity (Wildman–Crippen MR) is 138 cm³/mol. The van der Waals surface area contributed by atoms with Crippen LogP contribution in [-0.2, 0) is 42.9 Å². The van der Waals surface area contributed by atoms with E-state index in [0.717, 1.165) is 19.4 Å². The summed E-state index contributed by atoms with van der Waals surface area (Å²) in [6.45, 7) is 10.9. The predicted octanol–water partition coefficient (Wildman–Crippen LogP) is 3.23. The van der Waals surface area contributed by atoms with Crippen molar-refractivity contribution in [1.82, 2.24) is 0 Å². The van der Waals surface area contributed by atoms with E-state index in [4.69, 9.17) is 33.2 Å². The summed E-state index contributed by atoms with van der Waals surface area (Å²) < 4.78 is 39.6. The van der Waals surface area contributed by atoms with E-state index in [2.05, 4.69) is 0 Å². The quantitative estimate of drug-likeness (QED) is 0.278. The van der Waals surface area contributed by atoms with Crippen molar-refractivity contribution in [3.63, 3.8) is 0 Å². The maximum Gasteiger partial charge on any atom is 0.308 e. The number of benzene rings is 2. The molecule has 12 nitrogen and oxygen atoms in total. The van der Waals surface area contributed by atoms with Gasteiger partial charge >= 0.3 is 29.8 Å². The van der Waals surface area contributed by atoms with Crippen LogP contribution in [0.25, 0.3) is 10.8 Å². The van der Waals surface area contributed by atoms with Gasteiger partial charge in [-0.15, -0.1) is 0 Å². The number of hydrogen-bond acceptors (Lipinski definition) is 12. The molecular weight excluding hydrogens is 528 g/mol. The minimum atomic E-state index is -1.42. The fraction of sp³-hybridized carbons (Fsp3) is 0.464. The van der Waals surface area contributed by atoms with Crippen LogP contribution < -0.4 is 14.2 Å². The molecule has 0 unspecified atom stereocenters. The molecule has 1 fully saturated rings. The van der Waals surface area contributed by atoms with Crippen LogP contribution >= 0.6 is 0 Å². The monoisotopic (exact) mass is 560 g/mol. The highest BCUT2D eigenvalue weighted by Crippen LogP contribution is 2.47. The van der Waals surface area contributed by atoms with Crippen molar-refractivity contribution in [1.29, 1.82) is 0 Å². The summed E-state index contributed by atoms with van der Waals surface area (Å²) in [6.07, 6.45) is -6.15. The van der Waals surface area contributed by atoms with Gasteiger partial charge in [-0.05, 0) is 26.8 Å². The molecule has 0 amide bonds. The zero-order valence-electron chi connectivity index (χ0n) is 23.5. The molecule has 0 aromatic heterocycles. The molecule has 5 atom stereocenters. The molecule has 0 N–H and O–H groups in total. The Labute approximate surface area is 230 Å². The van der Waals surface area contributed by atoms with Crippen molar-refractivity contribution in [3.8, 4) is 17.2 Å². The van der Waals surface area contributed by atoms with Crippen LogP contribution in [0.15, 0.2) is 18.2 Å². The second-order valence-electron chi connectivity index (χ2n) is 9.40. The van der Waals surface area contributed by atoms with Crippen LogP contribution in [0.4, 0.5) is 0 Å². The fourth-order valence-electron chi connectivity index (χ4n) is 4.48. The van der Waals surface area contributed by atoms with Crippen molar-refractivity contribution in [3.05, 3.63) is 29.3 Å². The summed E-state index contributed by atoms with van der Waals surface area (Å²) in [4.78, 5) is 60.0.